The van der Waals surface area contributed by atoms with Crippen molar-refractivity contribution in [3.05, 3.63) is 54.6 Å². The van der Waals surface area contributed by atoms with Crippen molar-refractivity contribution >= 4 is 11.8 Å². The zero-order valence-corrected chi connectivity index (χ0v) is 15.7. The number of carbonyl (C=O) groups is 1. The maximum Gasteiger partial charge on any atom is 0.323 e. The fourth-order valence-electron chi connectivity index (χ4n) is 3.28. The Morgan fingerprint density at radius 1 is 1.39 bits per heavy atom. The summed E-state index contributed by atoms with van der Waals surface area (Å²) in [5.41, 5.74) is 1.64. The molecule has 1 saturated heterocycles. The predicted octanol–water partition coefficient (Wildman–Crippen LogP) is 3.29. The molecular weight excluding hydrogens is 358 g/mol. The molecule has 3 aromatic heterocycles. The Bertz CT molecular complexity index is 901. The van der Waals surface area contributed by atoms with E-state index in [1.54, 1.807) is 47.4 Å². The van der Waals surface area contributed by atoms with Gasteiger partial charge in [-0.1, -0.05) is 6.07 Å². The second-order valence-corrected chi connectivity index (χ2v) is 6.82. The molecule has 0 bridgehead atoms. The van der Waals surface area contributed by atoms with Gasteiger partial charge in [0.05, 0.1) is 12.4 Å². The number of aromatic nitrogens is 3. The lowest BCUT2D eigenvalue weighted by Crippen LogP contribution is -2.40. The van der Waals surface area contributed by atoms with Gasteiger partial charge in [-0.25, -0.2) is 4.79 Å². The molecule has 8 nitrogen and oxygen atoms in total. The van der Waals surface area contributed by atoms with Crippen LogP contribution in [0.5, 0.6) is 0 Å². The van der Waals surface area contributed by atoms with E-state index in [9.17, 15) is 4.79 Å². The van der Waals surface area contributed by atoms with Crippen LogP contribution in [0.3, 0.4) is 0 Å². The van der Waals surface area contributed by atoms with E-state index in [-0.39, 0.29) is 12.1 Å². The first-order valence-electron chi connectivity index (χ1n) is 9.33. The van der Waals surface area contributed by atoms with Gasteiger partial charge in [-0.3, -0.25) is 15.0 Å². The van der Waals surface area contributed by atoms with Crippen molar-refractivity contribution in [2.24, 2.45) is 7.05 Å². The topological polar surface area (TPSA) is 85.4 Å². The van der Waals surface area contributed by atoms with Gasteiger partial charge in [-0.05, 0) is 36.6 Å². The summed E-state index contributed by atoms with van der Waals surface area (Å²) >= 11 is 0. The molecule has 1 N–H and O–H groups in total. The Labute approximate surface area is 163 Å². The molecule has 3 aromatic rings. The molecule has 1 fully saturated rings. The number of hydrogen-bond donors (Lipinski definition) is 1. The molecule has 0 radical (unpaired) electrons. The Morgan fingerprint density at radius 2 is 2.32 bits per heavy atom. The number of furan rings is 1. The van der Waals surface area contributed by atoms with Crippen molar-refractivity contribution in [2.75, 3.05) is 18.5 Å². The second-order valence-electron chi connectivity index (χ2n) is 6.82. The number of aryl methyl sites for hydroxylation is 1. The molecule has 28 heavy (non-hydrogen) atoms. The first-order valence-corrected chi connectivity index (χ1v) is 9.33. The van der Waals surface area contributed by atoms with E-state index in [2.05, 4.69) is 15.4 Å². The zero-order chi connectivity index (χ0) is 19.3. The Morgan fingerprint density at radius 3 is 3.04 bits per heavy atom. The van der Waals surface area contributed by atoms with E-state index in [0.717, 1.165) is 25.0 Å². The number of nitrogens with zero attached hydrogens (tertiary/aromatic N) is 4. The molecule has 0 saturated carbocycles. The highest BCUT2D eigenvalue weighted by atomic mass is 16.5. The van der Waals surface area contributed by atoms with Gasteiger partial charge >= 0.3 is 6.03 Å². The SMILES string of the molecule is Cn1nc(-c2ccco2)cc1NC(=O)N(Cc1cccnc1)C[C@H]1CCCO1. The fourth-order valence-corrected chi connectivity index (χ4v) is 3.28. The fraction of sp³-hybridized carbons (Fsp3) is 0.350. The highest BCUT2D eigenvalue weighted by molar-refractivity contribution is 5.89. The molecule has 1 atom stereocenters. The molecular formula is C20H23N5O3. The van der Waals surface area contributed by atoms with Crippen LogP contribution < -0.4 is 5.32 Å². The van der Waals surface area contributed by atoms with Crippen molar-refractivity contribution in [3.63, 3.8) is 0 Å². The van der Waals surface area contributed by atoms with Gasteiger partial charge in [0.15, 0.2) is 5.76 Å². The molecule has 8 heteroatoms. The van der Waals surface area contributed by atoms with Crippen LogP contribution in [0.25, 0.3) is 11.5 Å². The summed E-state index contributed by atoms with van der Waals surface area (Å²) in [6.07, 6.45) is 7.15. The van der Waals surface area contributed by atoms with E-state index < -0.39 is 0 Å². The third-order valence-corrected chi connectivity index (χ3v) is 4.72. The minimum absolute atomic E-state index is 0.0626. The van der Waals surface area contributed by atoms with Crippen LogP contribution in [0.1, 0.15) is 18.4 Å². The molecule has 2 amide bonds. The predicted molar refractivity (Wildman–Crippen MR) is 104 cm³/mol. The van der Waals surface area contributed by atoms with Gasteiger partial charge in [0.1, 0.15) is 11.5 Å². The molecule has 0 unspecified atom stereocenters. The number of rotatable bonds is 6. The molecule has 146 valence electrons. The third kappa shape index (κ3) is 4.23. The number of nitrogens with one attached hydrogen (secondary N) is 1. The molecule has 4 heterocycles. The molecule has 4 rings (SSSR count). The standard InChI is InChI=1S/C20H23N5O3/c1-24-19(11-17(23-24)18-7-4-10-28-18)22-20(26)25(14-16-6-3-9-27-16)13-15-5-2-8-21-12-15/h2,4-5,7-8,10-12,16H,3,6,9,13-14H2,1H3,(H,22,26)/t16-/m1/s1. The first-order chi connectivity index (χ1) is 13.7. The van der Waals surface area contributed by atoms with Crippen LogP contribution in [0.4, 0.5) is 10.6 Å². The van der Waals surface area contributed by atoms with Gasteiger partial charge in [0, 0.05) is 45.2 Å². The zero-order valence-electron chi connectivity index (χ0n) is 15.7. The van der Waals surface area contributed by atoms with E-state index in [4.69, 9.17) is 9.15 Å². The number of carbonyl (C=O) groups excluding carboxylic acids is 1. The first kappa shape index (κ1) is 18.2. The largest absolute Gasteiger partial charge is 0.463 e. The van der Waals surface area contributed by atoms with Crippen LogP contribution in [-0.4, -0.2) is 45.0 Å². The monoisotopic (exact) mass is 381 g/mol. The third-order valence-electron chi connectivity index (χ3n) is 4.72. The average molecular weight is 381 g/mol. The smallest absolute Gasteiger partial charge is 0.323 e. The number of pyridine rings is 1. The van der Waals surface area contributed by atoms with E-state index >= 15 is 0 Å². The summed E-state index contributed by atoms with van der Waals surface area (Å²) in [7, 11) is 1.79. The van der Waals surface area contributed by atoms with Crippen molar-refractivity contribution in [1.29, 1.82) is 0 Å². The molecule has 0 aromatic carbocycles. The van der Waals surface area contributed by atoms with Crippen molar-refractivity contribution < 1.29 is 13.9 Å². The lowest BCUT2D eigenvalue weighted by molar-refractivity contribution is 0.0819. The number of amides is 2. The van der Waals surface area contributed by atoms with Crippen molar-refractivity contribution in [3.8, 4) is 11.5 Å². The number of anilines is 1. The van der Waals surface area contributed by atoms with Gasteiger partial charge in [0.25, 0.3) is 0 Å². The number of hydrogen-bond acceptors (Lipinski definition) is 5. The van der Waals surface area contributed by atoms with Crippen molar-refractivity contribution in [1.82, 2.24) is 19.7 Å². The maximum atomic E-state index is 13.0. The number of ether oxygens (including phenoxy) is 1. The Kier molecular flexibility index (Phi) is 5.38. The van der Waals surface area contributed by atoms with Gasteiger partial charge in [-0.2, -0.15) is 5.10 Å². The average Bonchev–Trinajstić information content (AvgIpc) is 3.45. The summed E-state index contributed by atoms with van der Waals surface area (Å²) in [4.78, 5) is 18.9. The van der Waals surface area contributed by atoms with E-state index in [1.807, 2.05) is 18.2 Å². The highest BCUT2D eigenvalue weighted by Crippen LogP contribution is 2.22. The highest BCUT2D eigenvalue weighted by Gasteiger charge is 2.24. The molecule has 1 aliphatic rings. The van der Waals surface area contributed by atoms with Crippen molar-refractivity contribution in [2.45, 2.75) is 25.5 Å². The summed E-state index contributed by atoms with van der Waals surface area (Å²) in [6, 6.07) is 9.06. The number of urea groups is 1. The van der Waals surface area contributed by atoms with Crippen LogP contribution in [0, 0.1) is 0 Å². The minimum Gasteiger partial charge on any atom is -0.463 e. The molecule has 1 aliphatic heterocycles. The van der Waals surface area contributed by atoms with Crippen LogP contribution in [-0.2, 0) is 18.3 Å². The second kappa shape index (κ2) is 8.26. The summed E-state index contributed by atoms with van der Waals surface area (Å²) in [6.45, 7) is 1.74. The minimum atomic E-state index is -0.201. The maximum absolute atomic E-state index is 13.0. The normalized spacial score (nSPS) is 16.2. The van der Waals surface area contributed by atoms with Crippen LogP contribution in [0.2, 0.25) is 0 Å². The van der Waals surface area contributed by atoms with Gasteiger partial charge < -0.3 is 14.1 Å². The lowest BCUT2D eigenvalue weighted by Gasteiger charge is -2.25. The molecule has 0 spiro atoms. The lowest BCUT2D eigenvalue weighted by atomic mass is 10.2. The summed E-state index contributed by atoms with van der Waals surface area (Å²) in [5.74, 6) is 1.25. The summed E-state index contributed by atoms with van der Waals surface area (Å²) < 4.78 is 12.7. The Hall–Kier alpha value is -3.13. The van der Waals surface area contributed by atoms with E-state index in [1.165, 1.54) is 0 Å². The van der Waals surface area contributed by atoms with Crippen LogP contribution in [0.15, 0.2) is 53.4 Å². The Balaban J connectivity index is 1.50. The van der Waals surface area contributed by atoms with Gasteiger partial charge in [-0.15, -0.1) is 0 Å². The van der Waals surface area contributed by atoms with E-state index in [0.29, 0.717) is 30.4 Å². The summed E-state index contributed by atoms with van der Waals surface area (Å²) in [5, 5.41) is 7.36. The van der Waals surface area contributed by atoms with Gasteiger partial charge in [0.2, 0.25) is 0 Å². The quantitative estimate of drug-likeness (QED) is 0.708. The molecule has 0 aliphatic carbocycles. The van der Waals surface area contributed by atoms with Crippen LogP contribution >= 0.6 is 0 Å².